The molecule has 0 saturated carbocycles. The molecule has 2 nitrogen and oxygen atoms in total. The summed E-state index contributed by atoms with van der Waals surface area (Å²) in [4.78, 5) is 11.7. The molecule has 1 aliphatic carbocycles. The predicted molar refractivity (Wildman–Crippen MR) is 129 cm³/mol. The van der Waals surface area contributed by atoms with E-state index in [1.807, 2.05) is 91.0 Å². The van der Waals surface area contributed by atoms with Gasteiger partial charge in [0.2, 0.25) is 8.32 Å². The molecule has 3 aromatic rings. The number of hydrogen-bond donors (Lipinski definition) is 0. The van der Waals surface area contributed by atoms with Gasteiger partial charge < -0.3 is 4.43 Å². The minimum atomic E-state index is -4.72. The number of rotatable bonds is 8. The molecule has 0 aromatic heterocycles. The second-order valence-corrected chi connectivity index (χ2v) is 12.3. The number of allylic oxidation sites excluding steroid dienone is 2. The lowest BCUT2D eigenvalue weighted by molar-refractivity contribution is -0.215. The fourth-order valence-corrected chi connectivity index (χ4v) is 8.89. The van der Waals surface area contributed by atoms with E-state index in [4.69, 9.17) is 4.43 Å². The third kappa shape index (κ3) is 5.63. The van der Waals surface area contributed by atoms with Crippen molar-refractivity contribution in [1.82, 2.24) is 0 Å². The van der Waals surface area contributed by atoms with E-state index < -0.39 is 25.9 Å². The summed E-state index contributed by atoms with van der Waals surface area (Å²) in [5.74, 6) is -0.482. The van der Waals surface area contributed by atoms with Crippen LogP contribution in [0, 0.1) is 0 Å². The van der Waals surface area contributed by atoms with Crippen molar-refractivity contribution in [3.05, 3.63) is 132 Å². The van der Waals surface area contributed by atoms with Gasteiger partial charge in [0.05, 0.1) is 0 Å². The van der Waals surface area contributed by atoms with Gasteiger partial charge in [-0.25, -0.2) is 0 Å². The Balaban J connectivity index is 1.85. The van der Waals surface area contributed by atoms with Gasteiger partial charge in [0, 0.05) is 0 Å². The van der Waals surface area contributed by atoms with E-state index in [1.165, 1.54) is 0 Å². The predicted octanol–water partition coefficient (Wildman–Crippen LogP) is 6.29. The summed E-state index contributed by atoms with van der Waals surface area (Å²) in [6, 6.07) is 29.7. The largest absolute Gasteiger partial charge is 0.423 e. The standard InChI is InChI=1S/C28H25F3O2Si/c29-28(30,31)27(18-16-26(32)17-19-27)33-34(20-23-10-4-1-5-11-23,21-24-12-6-2-7-13-24)22-25-14-8-3-9-15-25/h1-19H,20-22H2. The van der Waals surface area contributed by atoms with E-state index in [0.29, 0.717) is 18.1 Å². The van der Waals surface area contributed by atoms with Crippen LogP contribution < -0.4 is 0 Å². The minimum absolute atomic E-state index is 0.394. The average molecular weight is 479 g/mol. The van der Waals surface area contributed by atoms with Crippen molar-refractivity contribution in [2.75, 3.05) is 0 Å². The summed E-state index contributed by atoms with van der Waals surface area (Å²) in [6.07, 6.45) is -1.06. The second kappa shape index (κ2) is 9.95. The molecule has 0 spiro atoms. The first-order chi connectivity index (χ1) is 16.3. The molecule has 0 aliphatic heterocycles. The SMILES string of the molecule is O=C1C=CC(O[Si](Cc2ccccc2)(Cc2ccccc2)Cc2ccccc2)(C(F)(F)F)C=C1. The molecule has 0 saturated heterocycles. The number of ketones is 1. The second-order valence-electron chi connectivity index (χ2n) is 8.63. The molecule has 0 atom stereocenters. The highest BCUT2D eigenvalue weighted by Crippen LogP contribution is 2.42. The van der Waals surface area contributed by atoms with Crippen LogP contribution in [0.2, 0.25) is 0 Å². The number of alkyl halides is 3. The molecule has 0 unspecified atom stereocenters. The van der Waals surface area contributed by atoms with Gasteiger partial charge in [-0.1, -0.05) is 91.0 Å². The Morgan fingerprint density at radius 1 is 0.647 bits per heavy atom. The van der Waals surface area contributed by atoms with Crippen LogP contribution in [0.15, 0.2) is 115 Å². The van der Waals surface area contributed by atoms with Gasteiger partial charge in [0.15, 0.2) is 11.4 Å². The Kier molecular flexibility index (Phi) is 7.00. The van der Waals surface area contributed by atoms with Gasteiger partial charge in [-0.05, 0) is 59.1 Å². The molecule has 0 bridgehead atoms. The van der Waals surface area contributed by atoms with Gasteiger partial charge >= 0.3 is 6.18 Å². The van der Waals surface area contributed by atoms with E-state index in [1.54, 1.807) is 0 Å². The van der Waals surface area contributed by atoms with Gasteiger partial charge in [-0.2, -0.15) is 13.2 Å². The zero-order chi connectivity index (χ0) is 24.1. The Labute approximate surface area is 198 Å². The molecule has 34 heavy (non-hydrogen) atoms. The Bertz CT molecular complexity index is 1040. The highest BCUT2D eigenvalue weighted by atomic mass is 28.4. The first-order valence-electron chi connectivity index (χ1n) is 11.1. The molecule has 1 aliphatic rings. The number of carbonyl (C=O) groups excluding carboxylic acids is 1. The lowest BCUT2D eigenvalue weighted by Gasteiger charge is -2.42. The van der Waals surface area contributed by atoms with Crippen LogP contribution in [0.25, 0.3) is 0 Å². The number of halogens is 3. The number of benzene rings is 3. The van der Waals surface area contributed by atoms with Crippen LogP contribution in [0.4, 0.5) is 13.2 Å². The van der Waals surface area contributed by atoms with Crippen molar-refractivity contribution in [3.8, 4) is 0 Å². The van der Waals surface area contributed by atoms with Crippen molar-refractivity contribution < 1.29 is 22.4 Å². The van der Waals surface area contributed by atoms with E-state index in [2.05, 4.69) is 0 Å². The lowest BCUT2D eigenvalue weighted by atomic mass is 9.97. The van der Waals surface area contributed by atoms with Crippen LogP contribution in [-0.2, 0) is 27.4 Å². The number of carbonyl (C=O) groups is 1. The first kappa shape index (κ1) is 23.9. The zero-order valence-corrected chi connectivity index (χ0v) is 19.5. The van der Waals surface area contributed by atoms with Crippen molar-refractivity contribution in [3.63, 3.8) is 0 Å². The maximum absolute atomic E-state index is 14.6. The van der Waals surface area contributed by atoms with Gasteiger partial charge in [0.25, 0.3) is 0 Å². The summed E-state index contributed by atoms with van der Waals surface area (Å²) in [5, 5.41) is 0. The summed E-state index contributed by atoms with van der Waals surface area (Å²) in [5.41, 5.74) is 0.139. The maximum Gasteiger partial charge on any atom is 0.423 e. The molecule has 6 heteroatoms. The minimum Gasteiger partial charge on any atom is -0.396 e. The summed E-state index contributed by atoms with van der Waals surface area (Å²) >= 11 is 0. The van der Waals surface area contributed by atoms with Gasteiger partial charge in [-0.3, -0.25) is 4.79 Å². The Morgan fingerprint density at radius 2 is 1.00 bits per heavy atom. The van der Waals surface area contributed by atoms with E-state index in [0.717, 1.165) is 41.0 Å². The topological polar surface area (TPSA) is 26.3 Å². The van der Waals surface area contributed by atoms with Crippen LogP contribution in [0.3, 0.4) is 0 Å². The smallest absolute Gasteiger partial charge is 0.396 e. The molecular formula is C28H25F3O2Si. The van der Waals surface area contributed by atoms with Crippen LogP contribution in [0.5, 0.6) is 0 Å². The Morgan fingerprint density at radius 3 is 1.32 bits per heavy atom. The fourth-order valence-electron chi connectivity index (χ4n) is 4.40. The fraction of sp³-hybridized carbons (Fsp3) is 0.179. The van der Waals surface area contributed by atoms with Gasteiger partial charge in [0.1, 0.15) is 0 Å². The zero-order valence-electron chi connectivity index (χ0n) is 18.5. The number of hydrogen-bond acceptors (Lipinski definition) is 2. The third-order valence-corrected chi connectivity index (χ3v) is 9.85. The summed E-state index contributed by atoms with van der Waals surface area (Å²) in [7, 11) is -3.24. The molecule has 3 aromatic carbocycles. The van der Waals surface area contributed by atoms with Crippen molar-refractivity contribution in [2.45, 2.75) is 29.9 Å². The average Bonchev–Trinajstić information content (AvgIpc) is 2.82. The van der Waals surface area contributed by atoms with E-state index in [-0.39, 0.29) is 0 Å². The molecule has 0 N–H and O–H groups in total. The quantitative estimate of drug-likeness (QED) is 0.356. The van der Waals surface area contributed by atoms with Crippen LogP contribution in [0.1, 0.15) is 16.7 Å². The van der Waals surface area contributed by atoms with E-state index in [9.17, 15) is 18.0 Å². The van der Waals surface area contributed by atoms with Crippen molar-refractivity contribution >= 4 is 14.1 Å². The normalized spacial score (nSPS) is 15.4. The molecule has 0 fully saturated rings. The van der Waals surface area contributed by atoms with Crippen molar-refractivity contribution in [1.29, 1.82) is 0 Å². The molecule has 0 radical (unpaired) electrons. The monoisotopic (exact) mass is 478 g/mol. The Hall–Kier alpha value is -3.22. The van der Waals surface area contributed by atoms with Crippen LogP contribution in [-0.4, -0.2) is 25.9 Å². The molecule has 0 heterocycles. The summed E-state index contributed by atoms with van der Waals surface area (Å²) < 4.78 is 50.0. The lowest BCUT2D eigenvalue weighted by Crippen LogP contribution is -2.58. The first-order valence-corrected chi connectivity index (χ1v) is 13.6. The molecular weight excluding hydrogens is 453 g/mol. The highest BCUT2D eigenvalue weighted by Gasteiger charge is 2.57. The van der Waals surface area contributed by atoms with Crippen molar-refractivity contribution in [2.24, 2.45) is 0 Å². The molecule has 174 valence electrons. The van der Waals surface area contributed by atoms with Gasteiger partial charge in [-0.15, -0.1) is 0 Å². The summed E-state index contributed by atoms with van der Waals surface area (Å²) in [6.45, 7) is 0. The highest BCUT2D eigenvalue weighted by molar-refractivity contribution is 6.72. The molecule has 4 rings (SSSR count). The third-order valence-electron chi connectivity index (χ3n) is 5.93. The van der Waals surface area contributed by atoms with Crippen LogP contribution >= 0.6 is 0 Å². The molecule has 0 amide bonds. The maximum atomic E-state index is 14.6. The van der Waals surface area contributed by atoms with E-state index >= 15 is 0 Å².